The molecule has 4 nitrogen and oxygen atoms in total. The number of nitrogens with zero attached hydrogens (tertiary/aromatic N) is 1. The number of hydrogen-bond acceptors (Lipinski definition) is 3. The van der Waals surface area contributed by atoms with Gasteiger partial charge in [-0.2, -0.15) is 13.2 Å². The summed E-state index contributed by atoms with van der Waals surface area (Å²) in [5.41, 5.74) is 2.23. The molecule has 0 radical (unpaired) electrons. The van der Waals surface area contributed by atoms with E-state index in [1.54, 1.807) is 18.0 Å². The average Bonchev–Trinajstić information content (AvgIpc) is 2.83. The molecule has 3 atom stereocenters. The van der Waals surface area contributed by atoms with Gasteiger partial charge >= 0.3 is 6.18 Å². The van der Waals surface area contributed by atoms with Gasteiger partial charge in [-0.1, -0.05) is 42.0 Å². The molecule has 1 heterocycles. The molecule has 8 heteroatoms. The number of alkyl halides is 3. The van der Waals surface area contributed by atoms with Gasteiger partial charge < -0.3 is 10.2 Å². The van der Waals surface area contributed by atoms with E-state index < -0.39 is 11.7 Å². The summed E-state index contributed by atoms with van der Waals surface area (Å²) in [5, 5.41) is 3.21. The van der Waals surface area contributed by atoms with E-state index >= 15 is 0 Å². The van der Waals surface area contributed by atoms with Gasteiger partial charge in [-0.05, 0) is 61.9 Å². The largest absolute Gasteiger partial charge is 0.416 e. The van der Waals surface area contributed by atoms with Gasteiger partial charge in [-0.3, -0.25) is 9.59 Å². The summed E-state index contributed by atoms with van der Waals surface area (Å²) in [5.74, 6) is -0.255. The molecule has 1 saturated heterocycles. The fourth-order valence-electron chi connectivity index (χ4n) is 4.68. The summed E-state index contributed by atoms with van der Waals surface area (Å²) in [6, 6.07) is 13.0. The Balaban J connectivity index is 1.34. The number of amides is 2. The van der Waals surface area contributed by atoms with Crippen LogP contribution in [-0.4, -0.2) is 41.6 Å². The second-order valence-electron chi connectivity index (χ2n) is 9.30. The van der Waals surface area contributed by atoms with E-state index in [4.69, 9.17) is 0 Å². The summed E-state index contributed by atoms with van der Waals surface area (Å²) in [6.07, 6.45) is 0.207. The Morgan fingerprint density at radius 3 is 2.46 bits per heavy atom. The fraction of sp³-hybridized carbons (Fsp3) is 0.407. The van der Waals surface area contributed by atoms with Crippen molar-refractivity contribution in [2.45, 2.75) is 50.1 Å². The standard InChI is InChI=1S/C27H29F3N2O2S/c1-17-3-5-18(6-4-17)13-14-31-25(33)20-9-12-23-22(16-20)32(2)26(34)24(35-23)15-19-7-10-21(11-8-19)27(28,29)30/h3-8,10-11,15,20,22-23H,9,12-14,16H2,1-2H3,(H,31,33)/b24-15-. The summed E-state index contributed by atoms with van der Waals surface area (Å²) in [7, 11) is 1.75. The molecular weight excluding hydrogens is 473 g/mol. The molecule has 2 aliphatic rings. The van der Waals surface area contributed by atoms with Gasteiger partial charge in [0.15, 0.2) is 0 Å². The molecule has 1 saturated carbocycles. The normalized spacial score (nSPS) is 23.8. The van der Waals surface area contributed by atoms with Crippen molar-refractivity contribution >= 4 is 29.7 Å². The van der Waals surface area contributed by atoms with Crippen LogP contribution >= 0.6 is 11.8 Å². The molecule has 0 bridgehead atoms. The number of likely N-dealkylation sites (N-methyl/N-ethyl adjacent to an activating group) is 1. The number of fused-ring (bicyclic) bond motifs is 1. The first-order valence-electron chi connectivity index (χ1n) is 11.8. The molecule has 3 unspecified atom stereocenters. The van der Waals surface area contributed by atoms with Gasteiger partial charge in [0.25, 0.3) is 5.91 Å². The van der Waals surface area contributed by atoms with Crippen molar-refractivity contribution in [1.82, 2.24) is 10.2 Å². The molecule has 2 fully saturated rings. The van der Waals surface area contributed by atoms with Crippen LogP contribution in [-0.2, 0) is 22.2 Å². The second kappa shape index (κ2) is 10.5. The molecule has 2 amide bonds. The van der Waals surface area contributed by atoms with Gasteiger partial charge in [0, 0.05) is 30.8 Å². The third-order valence-electron chi connectivity index (χ3n) is 6.80. The summed E-state index contributed by atoms with van der Waals surface area (Å²) < 4.78 is 38.4. The molecule has 186 valence electrons. The SMILES string of the molecule is Cc1ccc(CCNC(=O)C2CCC3S/C(=C\c4ccc(C(F)(F)F)cc4)C(=O)N(C)C3C2)cc1. The molecule has 0 aromatic heterocycles. The third-order valence-corrected chi connectivity index (χ3v) is 8.20. The van der Waals surface area contributed by atoms with E-state index in [-0.39, 0.29) is 29.0 Å². The number of hydrogen-bond donors (Lipinski definition) is 1. The van der Waals surface area contributed by atoms with Gasteiger partial charge in [0.05, 0.1) is 10.5 Å². The highest BCUT2D eigenvalue weighted by Gasteiger charge is 2.42. The van der Waals surface area contributed by atoms with Crippen LogP contribution in [0, 0.1) is 12.8 Å². The van der Waals surface area contributed by atoms with E-state index in [0.717, 1.165) is 31.4 Å². The predicted molar refractivity (Wildman–Crippen MR) is 133 cm³/mol. The van der Waals surface area contributed by atoms with Crippen molar-refractivity contribution in [3.8, 4) is 0 Å². The van der Waals surface area contributed by atoms with Gasteiger partial charge in [0.2, 0.25) is 5.91 Å². The third kappa shape index (κ3) is 6.10. The smallest absolute Gasteiger partial charge is 0.356 e. The molecular formula is C27H29F3N2O2S. The highest BCUT2D eigenvalue weighted by molar-refractivity contribution is 8.04. The lowest BCUT2D eigenvalue weighted by Gasteiger charge is -2.44. The van der Waals surface area contributed by atoms with Crippen LogP contribution in [0.25, 0.3) is 6.08 Å². The molecule has 1 aliphatic carbocycles. The van der Waals surface area contributed by atoms with E-state index in [2.05, 4.69) is 29.6 Å². The first kappa shape index (κ1) is 25.4. The maximum Gasteiger partial charge on any atom is 0.416 e. The minimum atomic E-state index is -4.39. The Morgan fingerprint density at radius 2 is 1.80 bits per heavy atom. The maximum absolute atomic E-state index is 13.0. The van der Waals surface area contributed by atoms with Crippen molar-refractivity contribution in [3.63, 3.8) is 0 Å². The molecule has 0 spiro atoms. The molecule has 2 aromatic rings. The summed E-state index contributed by atoms with van der Waals surface area (Å²) >= 11 is 1.48. The molecule has 35 heavy (non-hydrogen) atoms. The highest BCUT2D eigenvalue weighted by Crippen LogP contribution is 2.43. The first-order chi connectivity index (χ1) is 16.6. The zero-order valence-electron chi connectivity index (χ0n) is 19.8. The van der Waals surface area contributed by atoms with Gasteiger partial charge in [-0.25, -0.2) is 0 Å². The lowest BCUT2D eigenvalue weighted by atomic mass is 9.83. The minimum Gasteiger partial charge on any atom is -0.356 e. The van der Waals surface area contributed by atoms with E-state index in [1.807, 2.05) is 6.92 Å². The zero-order chi connectivity index (χ0) is 25.2. The number of benzene rings is 2. The Bertz CT molecular complexity index is 1100. The van der Waals surface area contributed by atoms with Crippen LogP contribution < -0.4 is 5.32 Å². The zero-order valence-corrected chi connectivity index (χ0v) is 20.6. The minimum absolute atomic E-state index is 0.0347. The summed E-state index contributed by atoms with van der Waals surface area (Å²) in [6.45, 7) is 2.62. The Labute approximate surface area is 208 Å². The van der Waals surface area contributed by atoms with Crippen molar-refractivity contribution in [2.75, 3.05) is 13.6 Å². The van der Waals surface area contributed by atoms with E-state index in [0.29, 0.717) is 23.4 Å². The number of nitrogens with one attached hydrogen (secondary N) is 1. The number of rotatable bonds is 5. The fourth-order valence-corrected chi connectivity index (χ4v) is 6.16. The molecule has 4 rings (SSSR count). The predicted octanol–water partition coefficient (Wildman–Crippen LogP) is 5.46. The van der Waals surface area contributed by atoms with Crippen molar-refractivity contribution in [3.05, 3.63) is 75.7 Å². The van der Waals surface area contributed by atoms with Crippen LogP contribution in [0.2, 0.25) is 0 Å². The highest BCUT2D eigenvalue weighted by atomic mass is 32.2. The Morgan fingerprint density at radius 1 is 1.11 bits per heavy atom. The number of halogens is 3. The number of carbonyl (C=O) groups excluding carboxylic acids is 2. The van der Waals surface area contributed by atoms with Crippen molar-refractivity contribution < 1.29 is 22.8 Å². The van der Waals surface area contributed by atoms with E-state index in [9.17, 15) is 22.8 Å². The van der Waals surface area contributed by atoms with Gasteiger partial charge in [0.1, 0.15) is 0 Å². The molecule has 2 aromatic carbocycles. The van der Waals surface area contributed by atoms with Crippen LogP contribution in [0.15, 0.2) is 53.4 Å². The monoisotopic (exact) mass is 502 g/mol. The van der Waals surface area contributed by atoms with Crippen LogP contribution in [0.3, 0.4) is 0 Å². The number of aryl methyl sites for hydroxylation is 1. The van der Waals surface area contributed by atoms with Crippen molar-refractivity contribution in [1.29, 1.82) is 0 Å². The average molecular weight is 503 g/mol. The second-order valence-corrected chi connectivity index (χ2v) is 10.6. The van der Waals surface area contributed by atoms with Crippen molar-refractivity contribution in [2.24, 2.45) is 5.92 Å². The molecule has 1 N–H and O–H groups in total. The number of carbonyl (C=O) groups is 2. The molecule has 1 aliphatic heterocycles. The first-order valence-corrected chi connectivity index (χ1v) is 12.7. The maximum atomic E-state index is 13.0. The van der Waals surface area contributed by atoms with Crippen LogP contribution in [0.1, 0.15) is 41.5 Å². The topological polar surface area (TPSA) is 49.4 Å². The Hall–Kier alpha value is -2.74. The van der Waals surface area contributed by atoms with Crippen LogP contribution in [0.4, 0.5) is 13.2 Å². The van der Waals surface area contributed by atoms with Crippen LogP contribution in [0.5, 0.6) is 0 Å². The summed E-state index contributed by atoms with van der Waals surface area (Å²) in [4.78, 5) is 28.0. The lowest BCUT2D eigenvalue weighted by molar-refractivity contribution is -0.137. The quantitative estimate of drug-likeness (QED) is 0.553. The number of thioether (sulfide) groups is 1. The van der Waals surface area contributed by atoms with Gasteiger partial charge in [-0.15, -0.1) is 11.8 Å². The Kier molecular flexibility index (Phi) is 7.59. The lowest BCUT2D eigenvalue weighted by Crippen LogP contribution is -2.52. The van der Waals surface area contributed by atoms with E-state index in [1.165, 1.54) is 35.0 Å².